The number of hydrogen-bond acceptors (Lipinski definition) is 3. The summed E-state index contributed by atoms with van der Waals surface area (Å²) in [6.45, 7) is 0. The van der Waals surface area contributed by atoms with Crippen molar-refractivity contribution in [1.82, 2.24) is 4.98 Å². The maximum Gasteiger partial charge on any atom is 0.270 e. The molecule has 1 aromatic carbocycles. The second-order valence-corrected chi connectivity index (χ2v) is 4.10. The van der Waals surface area contributed by atoms with Gasteiger partial charge < -0.3 is 0 Å². The van der Waals surface area contributed by atoms with Crippen LogP contribution < -0.4 is 10.6 Å². The standard InChI is InChI=1S/C11H6N2OS/c14-10-6-7-1-2-8(5-9(7)13-10)11-12-3-4-15-11/h1-6H. The summed E-state index contributed by atoms with van der Waals surface area (Å²) in [7, 11) is 0. The first kappa shape index (κ1) is 8.49. The molecule has 0 fully saturated rings. The molecule has 3 nitrogen and oxygen atoms in total. The van der Waals surface area contributed by atoms with Gasteiger partial charge >= 0.3 is 0 Å². The van der Waals surface area contributed by atoms with Gasteiger partial charge in [0.25, 0.3) is 5.91 Å². The summed E-state index contributed by atoms with van der Waals surface area (Å²) in [5.41, 5.74) is 1.01. The Hall–Kier alpha value is -1.81. The molecule has 0 radical (unpaired) electrons. The molecule has 2 heterocycles. The van der Waals surface area contributed by atoms with Gasteiger partial charge in [-0.3, -0.25) is 4.79 Å². The monoisotopic (exact) mass is 214 g/mol. The molecule has 1 aliphatic heterocycles. The first-order chi connectivity index (χ1) is 7.33. The van der Waals surface area contributed by atoms with Crippen molar-refractivity contribution in [2.75, 3.05) is 0 Å². The van der Waals surface area contributed by atoms with Crippen LogP contribution in [0.5, 0.6) is 0 Å². The molecule has 4 heteroatoms. The highest BCUT2D eigenvalue weighted by Gasteiger charge is 2.05. The van der Waals surface area contributed by atoms with Crippen molar-refractivity contribution < 1.29 is 4.79 Å². The van der Waals surface area contributed by atoms with E-state index in [1.807, 2.05) is 23.6 Å². The zero-order valence-electron chi connectivity index (χ0n) is 7.68. The number of hydrogen-bond donors (Lipinski definition) is 0. The Kier molecular flexibility index (Phi) is 1.76. The number of aromatic nitrogens is 1. The number of amides is 1. The van der Waals surface area contributed by atoms with Crippen molar-refractivity contribution in [2.45, 2.75) is 0 Å². The molecule has 15 heavy (non-hydrogen) atoms. The molecule has 0 aliphatic carbocycles. The van der Waals surface area contributed by atoms with E-state index in [1.54, 1.807) is 23.6 Å². The topological polar surface area (TPSA) is 42.3 Å². The molecule has 0 spiro atoms. The van der Waals surface area contributed by atoms with E-state index in [0.29, 0.717) is 0 Å². The summed E-state index contributed by atoms with van der Waals surface area (Å²) in [5.74, 6) is -0.179. The van der Waals surface area contributed by atoms with Crippen LogP contribution in [0.25, 0.3) is 16.6 Å². The first-order valence-electron chi connectivity index (χ1n) is 4.47. The number of benzene rings is 1. The second-order valence-electron chi connectivity index (χ2n) is 3.21. The van der Waals surface area contributed by atoms with Gasteiger partial charge in [0.15, 0.2) is 0 Å². The van der Waals surface area contributed by atoms with Crippen LogP contribution in [0.1, 0.15) is 0 Å². The van der Waals surface area contributed by atoms with Gasteiger partial charge in [0.05, 0.1) is 5.36 Å². The highest BCUT2D eigenvalue weighted by atomic mass is 32.1. The zero-order valence-corrected chi connectivity index (χ0v) is 8.49. The first-order valence-corrected chi connectivity index (χ1v) is 5.35. The third-order valence-corrected chi connectivity index (χ3v) is 3.04. The average Bonchev–Trinajstić information content (AvgIpc) is 2.82. The number of carbonyl (C=O) groups excluding carboxylic acids is 1. The summed E-state index contributed by atoms with van der Waals surface area (Å²) in [4.78, 5) is 19.2. The van der Waals surface area contributed by atoms with E-state index in [9.17, 15) is 4.79 Å². The second kappa shape index (κ2) is 3.10. The SMILES string of the molecule is O=C1C=c2ccc(-c3nccs3)cc2=N1. The molecule has 3 rings (SSSR count). The Morgan fingerprint density at radius 1 is 1.27 bits per heavy atom. The van der Waals surface area contributed by atoms with Crippen LogP contribution >= 0.6 is 11.3 Å². The molecule has 0 bridgehead atoms. The quantitative estimate of drug-likeness (QED) is 0.703. The normalized spacial score (nSPS) is 13.2. The van der Waals surface area contributed by atoms with Gasteiger partial charge in [0, 0.05) is 28.4 Å². The van der Waals surface area contributed by atoms with Crippen LogP contribution in [0, 0.1) is 0 Å². The minimum atomic E-state index is -0.179. The van der Waals surface area contributed by atoms with Crippen LogP contribution in [-0.2, 0) is 4.79 Å². The van der Waals surface area contributed by atoms with Crippen molar-refractivity contribution in [1.29, 1.82) is 0 Å². The summed E-state index contributed by atoms with van der Waals surface area (Å²) < 4.78 is 0. The Bertz CT molecular complexity index is 644. The molecule has 1 amide bonds. The summed E-state index contributed by atoms with van der Waals surface area (Å²) in [6, 6.07) is 5.76. The molecular weight excluding hydrogens is 208 g/mol. The molecule has 0 saturated carbocycles. The highest BCUT2D eigenvalue weighted by Crippen LogP contribution is 2.18. The maximum atomic E-state index is 11.1. The van der Waals surface area contributed by atoms with Crippen molar-refractivity contribution >= 4 is 23.3 Å². The number of rotatable bonds is 1. The lowest BCUT2D eigenvalue weighted by molar-refractivity contribution is -0.112. The van der Waals surface area contributed by atoms with E-state index >= 15 is 0 Å². The van der Waals surface area contributed by atoms with E-state index in [4.69, 9.17) is 0 Å². The molecule has 72 valence electrons. The molecular formula is C11H6N2OS. The van der Waals surface area contributed by atoms with Gasteiger partial charge in [-0.25, -0.2) is 9.98 Å². The molecule has 0 unspecified atom stereocenters. The van der Waals surface area contributed by atoms with Crippen LogP contribution in [0.3, 0.4) is 0 Å². The predicted molar refractivity (Wildman–Crippen MR) is 57.8 cm³/mol. The number of thiazole rings is 1. The average molecular weight is 214 g/mol. The molecule has 0 N–H and O–H groups in total. The highest BCUT2D eigenvalue weighted by molar-refractivity contribution is 7.13. The third kappa shape index (κ3) is 1.39. The van der Waals surface area contributed by atoms with E-state index in [0.717, 1.165) is 21.1 Å². The van der Waals surface area contributed by atoms with E-state index in [1.165, 1.54) is 0 Å². The third-order valence-electron chi connectivity index (χ3n) is 2.22. The summed E-state index contributed by atoms with van der Waals surface area (Å²) >= 11 is 1.57. The van der Waals surface area contributed by atoms with Crippen molar-refractivity contribution in [2.24, 2.45) is 4.99 Å². The van der Waals surface area contributed by atoms with E-state index in [2.05, 4.69) is 9.98 Å². The fraction of sp³-hybridized carbons (Fsp3) is 0. The minimum Gasteiger partial charge on any atom is -0.267 e. The zero-order chi connectivity index (χ0) is 10.3. The molecule has 0 atom stereocenters. The number of carbonyl (C=O) groups is 1. The minimum absolute atomic E-state index is 0.179. The van der Waals surface area contributed by atoms with Gasteiger partial charge in [-0.1, -0.05) is 12.1 Å². The summed E-state index contributed by atoms with van der Waals surface area (Å²) in [5, 5.41) is 4.51. The van der Waals surface area contributed by atoms with E-state index in [-0.39, 0.29) is 5.91 Å². The Morgan fingerprint density at radius 3 is 3.00 bits per heavy atom. The van der Waals surface area contributed by atoms with Gasteiger partial charge in [0.2, 0.25) is 0 Å². The van der Waals surface area contributed by atoms with E-state index < -0.39 is 0 Å². The van der Waals surface area contributed by atoms with Crippen LogP contribution in [-0.4, -0.2) is 10.9 Å². The van der Waals surface area contributed by atoms with Crippen LogP contribution in [0.4, 0.5) is 0 Å². The largest absolute Gasteiger partial charge is 0.270 e. The molecule has 2 aromatic rings. The molecule has 0 saturated heterocycles. The lowest BCUT2D eigenvalue weighted by Gasteiger charge is -1.93. The van der Waals surface area contributed by atoms with Gasteiger partial charge in [-0.05, 0) is 6.07 Å². The van der Waals surface area contributed by atoms with Crippen molar-refractivity contribution in [3.05, 3.63) is 40.4 Å². The fourth-order valence-electron chi connectivity index (χ4n) is 1.55. The Morgan fingerprint density at radius 2 is 2.20 bits per heavy atom. The fourth-order valence-corrected chi connectivity index (χ4v) is 2.18. The predicted octanol–water partition coefficient (Wildman–Crippen LogP) is 0.750. The van der Waals surface area contributed by atoms with Gasteiger partial charge in [0.1, 0.15) is 5.01 Å². The van der Waals surface area contributed by atoms with Crippen LogP contribution in [0.15, 0.2) is 34.8 Å². The lowest BCUT2D eigenvalue weighted by Crippen LogP contribution is -2.20. The van der Waals surface area contributed by atoms with Crippen LogP contribution in [0.2, 0.25) is 0 Å². The molecule has 1 aromatic heterocycles. The number of fused-ring (bicyclic) bond motifs is 1. The van der Waals surface area contributed by atoms with Gasteiger partial charge in [-0.2, -0.15) is 0 Å². The Labute approximate surface area is 89.4 Å². The Balaban J connectivity index is 2.25. The number of nitrogens with zero attached hydrogens (tertiary/aromatic N) is 2. The maximum absolute atomic E-state index is 11.1. The summed E-state index contributed by atoms with van der Waals surface area (Å²) in [6.07, 6.45) is 3.31. The molecule has 1 aliphatic rings. The lowest BCUT2D eigenvalue weighted by atomic mass is 10.2. The van der Waals surface area contributed by atoms with Crippen molar-refractivity contribution in [3.63, 3.8) is 0 Å². The smallest absolute Gasteiger partial charge is 0.267 e. The van der Waals surface area contributed by atoms with Crippen molar-refractivity contribution in [3.8, 4) is 10.6 Å². The van der Waals surface area contributed by atoms with Gasteiger partial charge in [-0.15, -0.1) is 11.3 Å².